The molecule has 0 amide bonds. The molecule has 5 heteroatoms. The molecule has 0 saturated heterocycles. The number of furan rings is 2. The van der Waals surface area contributed by atoms with Crippen molar-refractivity contribution in [3.63, 3.8) is 0 Å². The fourth-order valence-electron chi connectivity index (χ4n) is 11.3. The molecule has 1 aliphatic rings. The fraction of sp³-hybridized carbons (Fsp3) is 0. The van der Waals surface area contributed by atoms with E-state index in [9.17, 15) is 0 Å². The highest BCUT2D eigenvalue weighted by molar-refractivity contribution is 7.85. The normalized spacial score (nSPS) is 13.4. The minimum Gasteiger partial charge on any atom is -0.456 e. The molecular formula is C60H37O3PSi. The summed E-state index contributed by atoms with van der Waals surface area (Å²) in [5, 5.41) is 18.7. The first-order valence-corrected chi connectivity index (χ1v) is 25.9. The van der Waals surface area contributed by atoms with E-state index in [2.05, 4.69) is 164 Å². The van der Waals surface area contributed by atoms with Gasteiger partial charge < -0.3 is 13.4 Å². The second-order valence-corrected chi connectivity index (χ2v) is 23.9. The summed E-state index contributed by atoms with van der Waals surface area (Å²) < 4.78 is 29.5. The fourth-order valence-corrected chi connectivity index (χ4v) is 19.2. The summed E-state index contributed by atoms with van der Waals surface area (Å²) in [5.41, 5.74) is 5.79. The summed E-state index contributed by atoms with van der Waals surface area (Å²) in [7, 11) is -6.33. The van der Waals surface area contributed by atoms with Crippen molar-refractivity contribution in [1.82, 2.24) is 0 Å². The molecule has 0 saturated carbocycles. The van der Waals surface area contributed by atoms with Crippen LogP contribution in [0, 0.1) is 0 Å². The van der Waals surface area contributed by atoms with E-state index in [0.29, 0.717) is 0 Å². The highest BCUT2D eigenvalue weighted by Gasteiger charge is 2.48. The molecular weight excluding hydrogens is 828 g/mol. The van der Waals surface area contributed by atoms with Gasteiger partial charge in [0, 0.05) is 37.5 Å². The Morgan fingerprint density at radius 2 is 0.708 bits per heavy atom. The monoisotopic (exact) mass is 864 g/mol. The van der Waals surface area contributed by atoms with Crippen molar-refractivity contribution in [2.45, 2.75) is 0 Å². The summed E-state index contributed by atoms with van der Waals surface area (Å²) in [6, 6.07) is 80.2. The van der Waals surface area contributed by atoms with E-state index in [1.807, 2.05) is 60.7 Å². The molecule has 11 aromatic carbocycles. The number of fused-ring (bicyclic) bond motifs is 15. The molecule has 0 fully saturated rings. The number of hydrogen-bond donors (Lipinski definition) is 0. The van der Waals surface area contributed by atoms with E-state index in [0.717, 1.165) is 75.9 Å². The van der Waals surface area contributed by atoms with Crippen LogP contribution >= 0.6 is 7.14 Å². The predicted molar refractivity (Wildman–Crippen MR) is 276 cm³/mol. The molecule has 65 heavy (non-hydrogen) atoms. The maximum absolute atomic E-state index is 16.9. The van der Waals surface area contributed by atoms with Crippen LogP contribution in [-0.2, 0) is 4.57 Å². The van der Waals surface area contributed by atoms with Crippen LogP contribution in [0.2, 0.25) is 0 Å². The number of para-hydroxylation sites is 2. The third kappa shape index (κ3) is 5.04. The number of benzene rings is 11. The molecule has 0 atom stereocenters. The minimum atomic E-state index is -3.57. The van der Waals surface area contributed by atoms with Crippen LogP contribution < -0.4 is 36.7 Å². The Labute approximate surface area is 375 Å². The van der Waals surface area contributed by atoms with Crippen LogP contribution in [0.4, 0.5) is 0 Å². The average molecular weight is 865 g/mol. The molecule has 0 bridgehead atoms. The predicted octanol–water partition coefficient (Wildman–Crippen LogP) is 11.9. The Morgan fingerprint density at radius 3 is 1.29 bits per heavy atom. The van der Waals surface area contributed by atoms with Crippen molar-refractivity contribution in [1.29, 1.82) is 0 Å². The lowest BCUT2D eigenvalue weighted by molar-refractivity contribution is 0.592. The Balaban J connectivity index is 1.07. The molecule has 3 heterocycles. The van der Waals surface area contributed by atoms with Crippen LogP contribution in [0.5, 0.6) is 0 Å². The Bertz CT molecular complexity index is 4010. The van der Waals surface area contributed by atoms with E-state index in [-0.39, 0.29) is 0 Å². The quantitative estimate of drug-likeness (QED) is 0.0983. The maximum Gasteiger partial charge on any atom is 0.180 e. The molecule has 14 rings (SSSR count). The minimum absolute atomic E-state index is 0.755. The molecule has 3 nitrogen and oxygen atoms in total. The highest BCUT2D eigenvalue weighted by atomic mass is 31.2. The third-order valence-corrected chi connectivity index (χ3v) is 22.1. The first-order valence-electron chi connectivity index (χ1n) is 22.2. The van der Waals surface area contributed by atoms with Gasteiger partial charge in [0.2, 0.25) is 0 Å². The molecule has 0 spiro atoms. The molecule has 13 aromatic rings. The van der Waals surface area contributed by atoms with Gasteiger partial charge in [-0.25, -0.2) is 0 Å². The largest absolute Gasteiger partial charge is 0.456 e. The summed E-state index contributed by atoms with van der Waals surface area (Å²) >= 11 is 0. The van der Waals surface area contributed by atoms with Gasteiger partial charge in [-0.15, -0.1) is 0 Å². The molecule has 1 aliphatic heterocycles. The zero-order valence-electron chi connectivity index (χ0n) is 35.0. The van der Waals surface area contributed by atoms with E-state index in [4.69, 9.17) is 8.83 Å². The second-order valence-electron chi connectivity index (χ2n) is 17.4. The van der Waals surface area contributed by atoms with Gasteiger partial charge in [-0.2, -0.15) is 0 Å². The second kappa shape index (κ2) is 13.6. The van der Waals surface area contributed by atoms with Gasteiger partial charge in [0.1, 0.15) is 22.3 Å². The summed E-state index contributed by atoms with van der Waals surface area (Å²) in [5.74, 6) is 0. The zero-order valence-corrected chi connectivity index (χ0v) is 36.9. The van der Waals surface area contributed by atoms with E-state index in [1.165, 1.54) is 48.0 Å². The van der Waals surface area contributed by atoms with Crippen LogP contribution in [0.15, 0.2) is 233 Å². The van der Waals surface area contributed by atoms with Crippen molar-refractivity contribution in [3.05, 3.63) is 224 Å². The van der Waals surface area contributed by atoms with Crippen LogP contribution in [-0.4, -0.2) is 8.07 Å². The topological polar surface area (TPSA) is 43.4 Å². The zero-order chi connectivity index (χ0) is 42.9. The molecule has 2 aromatic heterocycles. The van der Waals surface area contributed by atoms with Gasteiger partial charge in [-0.1, -0.05) is 164 Å². The summed E-state index contributed by atoms with van der Waals surface area (Å²) in [4.78, 5) is 0. The van der Waals surface area contributed by atoms with Crippen molar-refractivity contribution < 1.29 is 13.4 Å². The average Bonchev–Trinajstić information content (AvgIpc) is 4.04. The van der Waals surface area contributed by atoms with Crippen LogP contribution in [0.1, 0.15) is 0 Å². The van der Waals surface area contributed by atoms with Gasteiger partial charge in [0.25, 0.3) is 0 Å². The lowest BCUT2D eigenvalue weighted by Gasteiger charge is -2.31. The smallest absolute Gasteiger partial charge is 0.180 e. The first-order chi connectivity index (χ1) is 32.1. The third-order valence-electron chi connectivity index (χ3n) is 14.2. The molecule has 0 aliphatic carbocycles. The summed E-state index contributed by atoms with van der Waals surface area (Å²) in [6.45, 7) is 0. The van der Waals surface area contributed by atoms with Gasteiger partial charge >= 0.3 is 0 Å². The van der Waals surface area contributed by atoms with Gasteiger partial charge in [0.05, 0.1) is 0 Å². The molecule has 0 N–H and O–H groups in total. The standard InChI is InChI=1S/C60H37O3PSi/c61-64(39-28-31-57-52(34-39)46-21-9-12-24-55(46)62-57,40-29-32-58-53(35-40)47-22-10-13-25-56(47)63-58)38-27-30-45-49(33-38)43-19-7-8-20-44(43)50-36-54-48-23-11-14-26-59(48)65(60(54)37-51(45)50,41-15-3-1-4-16-41)42-17-5-2-6-18-42/h1-37H. The van der Waals surface area contributed by atoms with Gasteiger partial charge in [-0.05, 0) is 125 Å². The van der Waals surface area contributed by atoms with Gasteiger partial charge in [0.15, 0.2) is 15.2 Å². The highest BCUT2D eigenvalue weighted by Crippen LogP contribution is 2.47. The van der Waals surface area contributed by atoms with Gasteiger partial charge in [-0.3, -0.25) is 0 Å². The lowest BCUT2D eigenvalue weighted by Crippen LogP contribution is -2.72. The molecule has 0 radical (unpaired) electrons. The SMILES string of the molecule is O=P(c1ccc2oc3ccccc3c2c1)(c1ccc2oc3ccccc3c2c1)c1ccc2c(c1)c1ccccc1c1cc3c(cc21)[Si](c1ccccc1)(c1ccccc1)c1ccccc1-3. The lowest BCUT2D eigenvalue weighted by atomic mass is 9.92. The van der Waals surface area contributed by atoms with E-state index >= 15 is 4.57 Å². The Kier molecular flexibility index (Phi) is 7.69. The van der Waals surface area contributed by atoms with E-state index in [1.54, 1.807) is 0 Å². The number of rotatable bonds is 5. The number of hydrogen-bond acceptors (Lipinski definition) is 3. The van der Waals surface area contributed by atoms with Crippen LogP contribution in [0.3, 0.4) is 0 Å². The van der Waals surface area contributed by atoms with E-state index < -0.39 is 15.2 Å². The Morgan fingerprint density at radius 1 is 0.292 bits per heavy atom. The maximum atomic E-state index is 16.9. The van der Waals surface area contributed by atoms with Crippen molar-refractivity contribution >= 4 is 128 Å². The van der Waals surface area contributed by atoms with Crippen molar-refractivity contribution in [2.24, 2.45) is 0 Å². The van der Waals surface area contributed by atoms with Crippen LogP contribution in [0.25, 0.3) is 87.3 Å². The van der Waals surface area contributed by atoms with Crippen molar-refractivity contribution in [3.8, 4) is 11.1 Å². The first kappa shape index (κ1) is 36.7. The summed E-state index contributed by atoms with van der Waals surface area (Å²) in [6.07, 6.45) is 0. The van der Waals surface area contributed by atoms with Crippen molar-refractivity contribution in [2.75, 3.05) is 0 Å². The molecule has 0 unspecified atom stereocenters. The molecule has 304 valence electrons. The Hall–Kier alpha value is -7.75.